The van der Waals surface area contributed by atoms with E-state index in [1.165, 1.54) is 6.33 Å². The van der Waals surface area contributed by atoms with Gasteiger partial charge in [0.1, 0.15) is 6.33 Å². The molecule has 0 aliphatic heterocycles. The van der Waals surface area contributed by atoms with Gasteiger partial charge >= 0.3 is 0 Å². The first-order chi connectivity index (χ1) is 10.3. The number of nitrogens with zero attached hydrogens (tertiary/aromatic N) is 3. The van der Waals surface area contributed by atoms with Gasteiger partial charge in [0.15, 0.2) is 11.8 Å². The number of guanidine groups is 1. The number of aromatic nitrogens is 3. The molecule has 0 saturated heterocycles. The molecular weight excluding hydrogens is 284 g/mol. The molecule has 2 rings (SSSR count). The fraction of sp³-hybridized carbons (Fsp3) is 0.357. The van der Waals surface area contributed by atoms with Crippen LogP contribution in [-0.2, 0) is 6.54 Å². The Bertz CT molecular complexity index is 567. The number of aromatic amines is 1. The predicted octanol–water partition coefficient (Wildman–Crippen LogP) is 1.50. The van der Waals surface area contributed by atoms with Crippen LogP contribution in [0.5, 0.6) is 0 Å². The van der Waals surface area contributed by atoms with Gasteiger partial charge in [-0.3, -0.25) is 10.1 Å². The van der Waals surface area contributed by atoms with Gasteiger partial charge in [0.25, 0.3) is 0 Å². The quantitative estimate of drug-likeness (QED) is 0.428. The maximum atomic E-state index is 4.20. The van der Waals surface area contributed by atoms with Crippen LogP contribution in [0, 0.1) is 0 Å². The van der Waals surface area contributed by atoms with Gasteiger partial charge in [0.05, 0.1) is 0 Å². The fourth-order valence-corrected chi connectivity index (χ4v) is 2.16. The highest BCUT2D eigenvalue weighted by Crippen LogP contribution is 2.15. The van der Waals surface area contributed by atoms with Crippen LogP contribution in [0.4, 0.5) is 0 Å². The molecule has 1 aromatic heterocycles. The third kappa shape index (κ3) is 4.78. The summed E-state index contributed by atoms with van der Waals surface area (Å²) >= 11 is 1.81. The third-order valence-corrected chi connectivity index (χ3v) is 3.51. The molecule has 0 bridgehead atoms. The van der Waals surface area contributed by atoms with Crippen LogP contribution >= 0.6 is 11.8 Å². The number of aliphatic imine (C=N–C) groups is 1. The molecule has 0 radical (unpaired) electrons. The summed E-state index contributed by atoms with van der Waals surface area (Å²) in [6, 6.07) is 8.18. The zero-order valence-electron chi connectivity index (χ0n) is 12.3. The molecule has 0 spiro atoms. The highest BCUT2D eigenvalue weighted by molar-refractivity contribution is 7.98. The SMILES string of the molecule is CN=C(NCCSC)NCc1cccc(-c2ncn[nH]2)c1. The molecule has 3 N–H and O–H groups in total. The Morgan fingerprint density at radius 2 is 2.29 bits per heavy atom. The molecule has 0 fully saturated rings. The average molecular weight is 304 g/mol. The minimum Gasteiger partial charge on any atom is -0.356 e. The summed E-state index contributed by atoms with van der Waals surface area (Å²) < 4.78 is 0. The number of nitrogens with one attached hydrogen (secondary N) is 3. The van der Waals surface area contributed by atoms with E-state index in [0.717, 1.165) is 35.2 Å². The molecule has 0 unspecified atom stereocenters. The fourth-order valence-electron chi connectivity index (χ4n) is 1.85. The van der Waals surface area contributed by atoms with Crippen LogP contribution in [0.3, 0.4) is 0 Å². The van der Waals surface area contributed by atoms with Crippen LogP contribution in [0.15, 0.2) is 35.6 Å². The number of benzene rings is 1. The summed E-state index contributed by atoms with van der Waals surface area (Å²) in [7, 11) is 1.78. The van der Waals surface area contributed by atoms with Gasteiger partial charge in [-0.1, -0.05) is 18.2 Å². The van der Waals surface area contributed by atoms with Crippen molar-refractivity contribution in [2.24, 2.45) is 4.99 Å². The number of hydrogen-bond acceptors (Lipinski definition) is 4. The predicted molar refractivity (Wildman–Crippen MR) is 88.4 cm³/mol. The van der Waals surface area contributed by atoms with E-state index in [-0.39, 0.29) is 0 Å². The first-order valence-electron chi connectivity index (χ1n) is 6.71. The molecule has 1 heterocycles. The summed E-state index contributed by atoms with van der Waals surface area (Å²) in [6.07, 6.45) is 3.60. The van der Waals surface area contributed by atoms with Crippen molar-refractivity contribution in [3.8, 4) is 11.4 Å². The number of H-pyrrole nitrogens is 1. The lowest BCUT2D eigenvalue weighted by atomic mass is 10.1. The lowest BCUT2D eigenvalue weighted by Gasteiger charge is -2.11. The van der Waals surface area contributed by atoms with Crippen molar-refractivity contribution in [3.05, 3.63) is 36.2 Å². The zero-order valence-corrected chi connectivity index (χ0v) is 13.1. The van der Waals surface area contributed by atoms with E-state index in [1.807, 2.05) is 23.9 Å². The molecule has 21 heavy (non-hydrogen) atoms. The summed E-state index contributed by atoms with van der Waals surface area (Å²) in [5.74, 6) is 2.65. The second-order valence-electron chi connectivity index (χ2n) is 4.38. The molecule has 2 aromatic rings. The Morgan fingerprint density at radius 1 is 1.38 bits per heavy atom. The third-order valence-electron chi connectivity index (χ3n) is 2.90. The highest BCUT2D eigenvalue weighted by Gasteiger charge is 2.02. The van der Waals surface area contributed by atoms with Gasteiger partial charge in [-0.25, -0.2) is 4.98 Å². The van der Waals surface area contributed by atoms with Gasteiger partial charge in [-0.05, 0) is 17.9 Å². The summed E-state index contributed by atoms with van der Waals surface area (Å²) in [4.78, 5) is 8.37. The number of rotatable bonds is 6. The minimum absolute atomic E-state index is 0.709. The van der Waals surface area contributed by atoms with Crippen molar-refractivity contribution < 1.29 is 0 Å². The van der Waals surface area contributed by atoms with Crippen molar-refractivity contribution in [1.82, 2.24) is 25.8 Å². The van der Waals surface area contributed by atoms with Gasteiger partial charge in [-0.2, -0.15) is 16.9 Å². The van der Waals surface area contributed by atoms with Crippen LogP contribution in [0.2, 0.25) is 0 Å². The standard InChI is InChI=1S/C14H20N6S/c1-15-14(16-6-7-21-2)17-9-11-4-3-5-12(8-11)13-18-10-19-20-13/h3-5,8,10H,6-7,9H2,1-2H3,(H2,15,16,17)(H,18,19,20). The Hall–Kier alpha value is -2.02. The second kappa shape index (κ2) is 8.31. The molecular formula is C14H20N6S. The molecule has 0 aliphatic rings. The van der Waals surface area contributed by atoms with E-state index >= 15 is 0 Å². The van der Waals surface area contributed by atoms with Crippen molar-refractivity contribution in [2.75, 3.05) is 25.6 Å². The maximum Gasteiger partial charge on any atom is 0.191 e. The second-order valence-corrected chi connectivity index (χ2v) is 5.37. The smallest absolute Gasteiger partial charge is 0.191 e. The normalized spacial score (nSPS) is 11.4. The topological polar surface area (TPSA) is 78.0 Å². The Labute approximate surface area is 128 Å². The van der Waals surface area contributed by atoms with Crippen LogP contribution < -0.4 is 10.6 Å². The molecule has 112 valence electrons. The lowest BCUT2D eigenvalue weighted by molar-refractivity contribution is 0.833. The van der Waals surface area contributed by atoms with Crippen molar-refractivity contribution in [2.45, 2.75) is 6.54 Å². The van der Waals surface area contributed by atoms with E-state index in [0.29, 0.717) is 6.54 Å². The van der Waals surface area contributed by atoms with Crippen molar-refractivity contribution >= 4 is 17.7 Å². The van der Waals surface area contributed by atoms with Crippen LogP contribution in [0.25, 0.3) is 11.4 Å². The molecule has 0 saturated carbocycles. The van der Waals surface area contributed by atoms with Crippen molar-refractivity contribution in [3.63, 3.8) is 0 Å². The van der Waals surface area contributed by atoms with Crippen LogP contribution in [0.1, 0.15) is 5.56 Å². The monoisotopic (exact) mass is 304 g/mol. The number of hydrogen-bond donors (Lipinski definition) is 3. The van der Waals surface area contributed by atoms with E-state index in [4.69, 9.17) is 0 Å². The Morgan fingerprint density at radius 3 is 3.00 bits per heavy atom. The Balaban J connectivity index is 1.92. The lowest BCUT2D eigenvalue weighted by Crippen LogP contribution is -2.37. The number of thioether (sulfide) groups is 1. The maximum absolute atomic E-state index is 4.20. The molecule has 6 nitrogen and oxygen atoms in total. The summed E-state index contributed by atoms with van der Waals surface area (Å²) in [5, 5.41) is 13.3. The first-order valence-corrected chi connectivity index (χ1v) is 8.11. The van der Waals surface area contributed by atoms with E-state index in [9.17, 15) is 0 Å². The molecule has 0 atom stereocenters. The zero-order chi connectivity index (χ0) is 14.9. The largest absolute Gasteiger partial charge is 0.356 e. The van der Waals surface area contributed by atoms with E-state index < -0.39 is 0 Å². The average Bonchev–Trinajstić information content (AvgIpc) is 3.05. The summed E-state index contributed by atoms with van der Waals surface area (Å²) in [5.41, 5.74) is 2.19. The van der Waals surface area contributed by atoms with Gasteiger partial charge in [0.2, 0.25) is 0 Å². The van der Waals surface area contributed by atoms with Gasteiger partial charge < -0.3 is 10.6 Å². The van der Waals surface area contributed by atoms with E-state index in [2.05, 4.69) is 49.2 Å². The minimum atomic E-state index is 0.709. The van der Waals surface area contributed by atoms with Gasteiger partial charge in [-0.15, -0.1) is 0 Å². The highest BCUT2D eigenvalue weighted by atomic mass is 32.2. The molecule has 7 heteroatoms. The van der Waals surface area contributed by atoms with E-state index in [1.54, 1.807) is 7.05 Å². The van der Waals surface area contributed by atoms with Crippen LogP contribution in [-0.4, -0.2) is 46.7 Å². The molecule has 0 amide bonds. The molecule has 0 aliphatic carbocycles. The Kier molecular flexibility index (Phi) is 6.08. The van der Waals surface area contributed by atoms with Gasteiger partial charge in [0, 0.05) is 31.5 Å². The summed E-state index contributed by atoms with van der Waals surface area (Å²) in [6.45, 7) is 1.61. The molecule has 1 aromatic carbocycles. The first kappa shape index (κ1) is 15.4. The van der Waals surface area contributed by atoms with Crippen molar-refractivity contribution in [1.29, 1.82) is 0 Å².